The van der Waals surface area contributed by atoms with E-state index < -0.39 is 0 Å². The van der Waals surface area contributed by atoms with Gasteiger partial charge in [0, 0.05) is 23.3 Å². The molecule has 0 aliphatic carbocycles. The standard InChI is InChI=1S/C12H12N2O3S/c1-16-9-4-3-8(7-10(9)17-2)14-11(15)12-13-5-6-18-12/h3-7H,1-2H3,(H,14,15). The van der Waals surface area contributed by atoms with Crippen molar-refractivity contribution in [2.24, 2.45) is 0 Å². The summed E-state index contributed by atoms with van der Waals surface area (Å²) in [6.45, 7) is 0. The molecule has 0 radical (unpaired) electrons. The number of benzene rings is 1. The first kappa shape index (κ1) is 12.4. The van der Waals surface area contributed by atoms with Gasteiger partial charge in [-0.2, -0.15) is 0 Å². The van der Waals surface area contributed by atoms with Crippen molar-refractivity contribution in [3.63, 3.8) is 0 Å². The minimum absolute atomic E-state index is 0.239. The van der Waals surface area contributed by atoms with Crippen LogP contribution in [0.3, 0.4) is 0 Å². The minimum Gasteiger partial charge on any atom is -0.493 e. The van der Waals surface area contributed by atoms with Crippen LogP contribution < -0.4 is 14.8 Å². The number of nitrogens with zero attached hydrogens (tertiary/aromatic N) is 1. The van der Waals surface area contributed by atoms with E-state index in [1.807, 2.05) is 0 Å². The first-order valence-electron chi connectivity index (χ1n) is 5.17. The molecule has 2 rings (SSSR count). The van der Waals surface area contributed by atoms with Gasteiger partial charge in [0.05, 0.1) is 14.2 Å². The van der Waals surface area contributed by atoms with Gasteiger partial charge in [0.15, 0.2) is 16.5 Å². The number of hydrogen-bond donors (Lipinski definition) is 1. The summed E-state index contributed by atoms with van der Waals surface area (Å²) in [4.78, 5) is 15.7. The molecule has 0 aliphatic rings. The molecule has 0 spiro atoms. The third-order valence-corrected chi connectivity index (χ3v) is 3.04. The van der Waals surface area contributed by atoms with Gasteiger partial charge in [-0.15, -0.1) is 11.3 Å². The molecule has 1 aromatic carbocycles. The van der Waals surface area contributed by atoms with E-state index in [0.717, 1.165) is 0 Å². The summed E-state index contributed by atoms with van der Waals surface area (Å²) in [7, 11) is 3.11. The molecule has 0 atom stereocenters. The number of carbonyl (C=O) groups is 1. The molecule has 2 aromatic rings. The lowest BCUT2D eigenvalue weighted by molar-refractivity contribution is 0.102. The molecular formula is C12H12N2O3S. The van der Waals surface area contributed by atoms with Crippen molar-refractivity contribution >= 4 is 22.9 Å². The second-order valence-electron chi connectivity index (χ2n) is 3.36. The molecule has 1 N–H and O–H groups in total. The molecule has 5 nitrogen and oxygen atoms in total. The quantitative estimate of drug-likeness (QED) is 0.921. The Morgan fingerprint density at radius 3 is 2.67 bits per heavy atom. The Kier molecular flexibility index (Phi) is 3.78. The third kappa shape index (κ3) is 2.60. The number of anilines is 1. The molecule has 0 saturated heterocycles. The molecule has 18 heavy (non-hydrogen) atoms. The fraction of sp³-hybridized carbons (Fsp3) is 0.167. The highest BCUT2D eigenvalue weighted by Crippen LogP contribution is 2.29. The predicted octanol–water partition coefficient (Wildman–Crippen LogP) is 2.41. The lowest BCUT2D eigenvalue weighted by atomic mass is 10.2. The summed E-state index contributed by atoms with van der Waals surface area (Å²) in [5, 5.41) is 4.92. The van der Waals surface area contributed by atoms with Gasteiger partial charge < -0.3 is 14.8 Å². The maximum absolute atomic E-state index is 11.8. The summed E-state index contributed by atoms with van der Waals surface area (Å²) in [5.41, 5.74) is 0.632. The van der Waals surface area contributed by atoms with Gasteiger partial charge in [0.1, 0.15) is 0 Å². The molecule has 0 bridgehead atoms. The summed E-state index contributed by atoms with van der Waals surface area (Å²) in [6, 6.07) is 5.17. The van der Waals surface area contributed by atoms with Crippen LogP contribution in [0.5, 0.6) is 11.5 Å². The Balaban J connectivity index is 2.17. The van der Waals surface area contributed by atoms with E-state index in [1.54, 1.807) is 44.0 Å². The van der Waals surface area contributed by atoms with Crippen molar-refractivity contribution in [3.05, 3.63) is 34.8 Å². The number of methoxy groups -OCH3 is 2. The van der Waals surface area contributed by atoms with Crippen LogP contribution in [-0.2, 0) is 0 Å². The second-order valence-corrected chi connectivity index (χ2v) is 4.26. The largest absolute Gasteiger partial charge is 0.493 e. The van der Waals surface area contributed by atoms with Gasteiger partial charge in [0.25, 0.3) is 5.91 Å². The van der Waals surface area contributed by atoms with E-state index >= 15 is 0 Å². The summed E-state index contributed by atoms with van der Waals surface area (Å²) in [5.74, 6) is 0.941. The Morgan fingerprint density at radius 1 is 1.28 bits per heavy atom. The summed E-state index contributed by atoms with van der Waals surface area (Å²) < 4.78 is 10.3. The van der Waals surface area contributed by atoms with Crippen LogP contribution in [0.4, 0.5) is 5.69 Å². The van der Waals surface area contributed by atoms with Crippen LogP contribution in [-0.4, -0.2) is 25.1 Å². The van der Waals surface area contributed by atoms with Crippen LogP contribution in [0, 0.1) is 0 Å². The van der Waals surface area contributed by atoms with Crippen LogP contribution in [0.15, 0.2) is 29.8 Å². The van der Waals surface area contributed by atoms with Gasteiger partial charge >= 0.3 is 0 Å². The number of amides is 1. The predicted molar refractivity (Wildman–Crippen MR) is 69.6 cm³/mol. The molecule has 1 heterocycles. The number of ether oxygens (including phenoxy) is 2. The van der Waals surface area contributed by atoms with E-state index in [0.29, 0.717) is 22.2 Å². The average molecular weight is 264 g/mol. The molecule has 0 saturated carbocycles. The van der Waals surface area contributed by atoms with Gasteiger partial charge in [0.2, 0.25) is 0 Å². The SMILES string of the molecule is COc1ccc(NC(=O)c2nccs2)cc1OC. The van der Waals surface area contributed by atoms with Crippen molar-refractivity contribution in [3.8, 4) is 11.5 Å². The summed E-state index contributed by atoms with van der Waals surface area (Å²) >= 11 is 1.29. The zero-order valence-electron chi connectivity index (χ0n) is 9.97. The lowest BCUT2D eigenvalue weighted by Gasteiger charge is -2.09. The highest BCUT2D eigenvalue weighted by atomic mass is 32.1. The lowest BCUT2D eigenvalue weighted by Crippen LogP contribution is -2.11. The Bertz CT molecular complexity index is 540. The van der Waals surface area contributed by atoms with Crippen LogP contribution in [0.25, 0.3) is 0 Å². The fourth-order valence-electron chi connectivity index (χ4n) is 1.43. The molecule has 1 aromatic heterocycles. The zero-order chi connectivity index (χ0) is 13.0. The average Bonchev–Trinajstić information content (AvgIpc) is 2.92. The smallest absolute Gasteiger partial charge is 0.284 e. The van der Waals surface area contributed by atoms with Crippen LogP contribution in [0.1, 0.15) is 9.80 Å². The van der Waals surface area contributed by atoms with Gasteiger partial charge in [-0.3, -0.25) is 4.79 Å². The van der Waals surface area contributed by atoms with Crippen molar-refractivity contribution < 1.29 is 14.3 Å². The summed E-state index contributed by atoms with van der Waals surface area (Å²) in [6.07, 6.45) is 1.59. The van der Waals surface area contributed by atoms with Gasteiger partial charge in [-0.25, -0.2) is 4.98 Å². The molecule has 1 amide bonds. The van der Waals surface area contributed by atoms with E-state index in [1.165, 1.54) is 11.3 Å². The molecule has 94 valence electrons. The topological polar surface area (TPSA) is 60.5 Å². The number of carbonyl (C=O) groups excluding carboxylic acids is 1. The van der Waals surface area contributed by atoms with E-state index in [9.17, 15) is 4.79 Å². The minimum atomic E-state index is -0.239. The normalized spacial score (nSPS) is 9.89. The first-order chi connectivity index (χ1) is 8.74. The molecule has 6 heteroatoms. The maximum atomic E-state index is 11.8. The first-order valence-corrected chi connectivity index (χ1v) is 6.05. The Hall–Kier alpha value is -2.08. The molecule has 0 fully saturated rings. The Morgan fingerprint density at radius 2 is 2.06 bits per heavy atom. The monoisotopic (exact) mass is 264 g/mol. The Labute approximate surface area is 108 Å². The number of hydrogen-bond acceptors (Lipinski definition) is 5. The number of aromatic nitrogens is 1. The van der Waals surface area contributed by atoms with E-state index in [2.05, 4.69) is 10.3 Å². The van der Waals surface area contributed by atoms with Crippen molar-refractivity contribution in [1.82, 2.24) is 4.98 Å². The highest BCUT2D eigenvalue weighted by molar-refractivity contribution is 7.11. The molecular weight excluding hydrogens is 252 g/mol. The van der Waals surface area contributed by atoms with Crippen LogP contribution in [0.2, 0.25) is 0 Å². The van der Waals surface area contributed by atoms with Crippen LogP contribution >= 0.6 is 11.3 Å². The van der Waals surface area contributed by atoms with Gasteiger partial charge in [-0.05, 0) is 12.1 Å². The number of rotatable bonds is 4. The van der Waals surface area contributed by atoms with Crippen molar-refractivity contribution in [2.75, 3.05) is 19.5 Å². The molecule has 0 aliphatic heterocycles. The molecule has 0 unspecified atom stereocenters. The van der Waals surface area contributed by atoms with E-state index in [4.69, 9.17) is 9.47 Å². The second kappa shape index (κ2) is 5.50. The maximum Gasteiger partial charge on any atom is 0.284 e. The third-order valence-electron chi connectivity index (χ3n) is 2.27. The number of thiazole rings is 1. The highest BCUT2D eigenvalue weighted by Gasteiger charge is 2.10. The zero-order valence-corrected chi connectivity index (χ0v) is 10.8. The van der Waals surface area contributed by atoms with Gasteiger partial charge in [-0.1, -0.05) is 0 Å². The van der Waals surface area contributed by atoms with Crippen molar-refractivity contribution in [1.29, 1.82) is 0 Å². The van der Waals surface area contributed by atoms with E-state index in [-0.39, 0.29) is 5.91 Å². The number of nitrogens with one attached hydrogen (secondary N) is 1. The fourth-order valence-corrected chi connectivity index (χ4v) is 1.96. The van der Waals surface area contributed by atoms with Crippen molar-refractivity contribution in [2.45, 2.75) is 0 Å².